The monoisotopic (exact) mass is 386 g/mol. The molecule has 0 fully saturated rings. The summed E-state index contributed by atoms with van der Waals surface area (Å²) < 4.78 is 0. The molecule has 2 nitrogen and oxygen atoms in total. The van der Waals surface area contributed by atoms with Crippen LogP contribution in [-0.2, 0) is 5.54 Å². The van der Waals surface area contributed by atoms with Crippen molar-refractivity contribution in [2.24, 2.45) is 0 Å². The van der Waals surface area contributed by atoms with E-state index in [2.05, 4.69) is 126 Å². The molecule has 0 saturated carbocycles. The van der Waals surface area contributed by atoms with E-state index in [1.54, 1.807) is 0 Å². The van der Waals surface area contributed by atoms with Crippen LogP contribution in [-0.4, -0.2) is 4.98 Å². The van der Waals surface area contributed by atoms with E-state index in [9.17, 15) is 0 Å². The van der Waals surface area contributed by atoms with Crippen LogP contribution in [0.2, 0.25) is 0 Å². The van der Waals surface area contributed by atoms with Gasteiger partial charge in [0.25, 0.3) is 0 Å². The zero-order chi connectivity index (χ0) is 20.2. The van der Waals surface area contributed by atoms with Crippen LogP contribution in [0, 0.1) is 0 Å². The molecule has 0 atom stereocenters. The Morgan fingerprint density at radius 2 is 1.03 bits per heavy atom. The molecule has 30 heavy (non-hydrogen) atoms. The summed E-state index contributed by atoms with van der Waals surface area (Å²) >= 11 is 0. The van der Waals surface area contributed by atoms with E-state index in [-0.39, 0.29) is 0 Å². The van der Waals surface area contributed by atoms with Crippen molar-refractivity contribution in [3.63, 3.8) is 0 Å². The summed E-state index contributed by atoms with van der Waals surface area (Å²) in [5.41, 5.74) is 5.03. The molecule has 0 aliphatic rings. The van der Waals surface area contributed by atoms with Gasteiger partial charge in [-0.05, 0) is 41.0 Å². The number of aromatic nitrogens is 1. The van der Waals surface area contributed by atoms with Crippen LogP contribution in [0.1, 0.15) is 16.7 Å². The fourth-order valence-corrected chi connectivity index (χ4v) is 4.20. The third kappa shape index (κ3) is 3.13. The molecular formula is C28H22N2. The first-order valence-electron chi connectivity index (χ1n) is 10.2. The largest absolute Gasteiger partial charge is 0.367 e. The van der Waals surface area contributed by atoms with Crippen molar-refractivity contribution in [3.05, 3.63) is 144 Å². The Labute approximate surface area is 176 Å². The fourth-order valence-electron chi connectivity index (χ4n) is 4.20. The number of nitrogens with one attached hydrogen (secondary N) is 1. The Balaban J connectivity index is 1.82. The Kier molecular flexibility index (Phi) is 4.74. The quantitative estimate of drug-likeness (QED) is 0.343. The van der Waals surface area contributed by atoms with Gasteiger partial charge >= 0.3 is 0 Å². The molecule has 1 aromatic heterocycles. The zero-order valence-electron chi connectivity index (χ0n) is 16.6. The number of rotatable bonds is 5. The van der Waals surface area contributed by atoms with Crippen molar-refractivity contribution in [1.29, 1.82) is 0 Å². The third-order valence-corrected chi connectivity index (χ3v) is 5.59. The SMILES string of the molecule is c1ccc(C(Nc2cccc3ncccc23)(c2ccccc2)c2ccccc2)cc1. The molecular weight excluding hydrogens is 364 g/mol. The number of anilines is 1. The molecule has 0 radical (unpaired) electrons. The molecule has 2 heteroatoms. The number of fused-ring (bicyclic) bond motifs is 1. The molecule has 0 unspecified atom stereocenters. The van der Waals surface area contributed by atoms with Gasteiger partial charge in [-0.2, -0.15) is 0 Å². The maximum atomic E-state index is 4.55. The number of hydrogen-bond acceptors (Lipinski definition) is 2. The molecule has 0 amide bonds. The minimum Gasteiger partial charge on any atom is -0.367 e. The fraction of sp³-hybridized carbons (Fsp3) is 0.0357. The summed E-state index contributed by atoms with van der Waals surface area (Å²) in [7, 11) is 0. The summed E-state index contributed by atoms with van der Waals surface area (Å²) in [5.74, 6) is 0. The Hall–Kier alpha value is -3.91. The molecule has 0 saturated heterocycles. The summed E-state index contributed by atoms with van der Waals surface area (Å²) in [6, 6.07) is 42.3. The minimum absolute atomic E-state index is 0.548. The third-order valence-electron chi connectivity index (χ3n) is 5.59. The van der Waals surface area contributed by atoms with Gasteiger partial charge in [-0.25, -0.2) is 0 Å². The first kappa shape index (κ1) is 18.1. The Morgan fingerprint density at radius 1 is 0.500 bits per heavy atom. The second kappa shape index (κ2) is 7.84. The summed E-state index contributed by atoms with van der Waals surface area (Å²) in [5, 5.41) is 5.05. The van der Waals surface area contributed by atoms with Crippen LogP contribution in [0.4, 0.5) is 5.69 Å². The second-order valence-electron chi connectivity index (χ2n) is 7.35. The van der Waals surface area contributed by atoms with E-state index in [0.717, 1.165) is 16.6 Å². The lowest BCUT2D eigenvalue weighted by Crippen LogP contribution is -2.38. The lowest BCUT2D eigenvalue weighted by Gasteiger charge is -2.38. The zero-order valence-corrected chi connectivity index (χ0v) is 16.6. The summed E-state index contributed by atoms with van der Waals surface area (Å²) in [4.78, 5) is 4.55. The van der Waals surface area contributed by atoms with E-state index in [0.29, 0.717) is 0 Å². The van der Waals surface area contributed by atoms with Gasteiger partial charge in [0.15, 0.2) is 0 Å². The van der Waals surface area contributed by atoms with Gasteiger partial charge in [0.05, 0.1) is 5.52 Å². The van der Waals surface area contributed by atoms with Gasteiger partial charge in [0.1, 0.15) is 5.54 Å². The molecule has 1 N–H and O–H groups in total. The average molecular weight is 386 g/mol. The number of hydrogen-bond donors (Lipinski definition) is 1. The lowest BCUT2D eigenvalue weighted by molar-refractivity contribution is 0.713. The standard InChI is InChI=1S/C28H22N2/c1-4-12-22(13-5-1)28(23-14-6-2-7-15-23,24-16-8-3-9-17-24)30-27-20-10-19-26-25(27)18-11-21-29-26/h1-21,30H. The molecule has 0 aliphatic heterocycles. The first-order valence-corrected chi connectivity index (χ1v) is 10.2. The van der Waals surface area contributed by atoms with E-state index in [1.807, 2.05) is 12.3 Å². The summed E-state index contributed by atoms with van der Waals surface area (Å²) in [6.45, 7) is 0. The molecule has 0 aliphatic carbocycles. The van der Waals surface area contributed by atoms with Gasteiger partial charge in [-0.3, -0.25) is 4.98 Å². The number of nitrogens with zero attached hydrogens (tertiary/aromatic N) is 1. The molecule has 0 spiro atoms. The van der Waals surface area contributed by atoms with Gasteiger partial charge in [-0.1, -0.05) is 97.1 Å². The number of pyridine rings is 1. The Morgan fingerprint density at radius 3 is 1.57 bits per heavy atom. The maximum absolute atomic E-state index is 4.55. The van der Waals surface area contributed by atoms with Gasteiger partial charge < -0.3 is 5.32 Å². The van der Waals surface area contributed by atoms with Gasteiger partial charge in [-0.15, -0.1) is 0 Å². The highest BCUT2D eigenvalue weighted by Crippen LogP contribution is 2.41. The lowest BCUT2D eigenvalue weighted by atomic mass is 9.76. The molecule has 5 aromatic rings. The van der Waals surface area contributed by atoms with Crippen LogP contribution < -0.4 is 5.32 Å². The van der Waals surface area contributed by atoms with Crippen molar-refractivity contribution in [2.75, 3.05) is 5.32 Å². The van der Waals surface area contributed by atoms with E-state index in [1.165, 1.54) is 16.7 Å². The second-order valence-corrected chi connectivity index (χ2v) is 7.35. The molecule has 5 rings (SSSR count). The van der Waals surface area contributed by atoms with Crippen molar-refractivity contribution in [3.8, 4) is 0 Å². The van der Waals surface area contributed by atoms with Crippen LogP contribution in [0.5, 0.6) is 0 Å². The van der Waals surface area contributed by atoms with Crippen molar-refractivity contribution >= 4 is 16.6 Å². The maximum Gasteiger partial charge on any atom is 0.114 e. The molecule has 144 valence electrons. The van der Waals surface area contributed by atoms with Crippen molar-refractivity contribution in [1.82, 2.24) is 4.98 Å². The van der Waals surface area contributed by atoms with Gasteiger partial charge in [0, 0.05) is 17.3 Å². The molecule has 0 bridgehead atoms. The highest BCUT2D eigenvalue weighted by Gasteiger charge is 2.36. The normalized spacial score (nSPS) is 11.3. The molecule has 4 aromatic carbocycles. The topological polar surface area (TPSA) is 24.9 Å². The van der Waals surface area contributed by atoms with Crippen molar-refractivity contribution in [2.45, 2.75) is 5.54 Å². The highest BCUT2D eigenvalue weighted by atomic mass is 15.0. The highest BCUT2D eigenvalue weighted by molar-refractivity contribution is 5.92. The summed E-state index contributed by atoms with van der Waals surface area (Å²) in [6.07, 6.45) is 1.84. The number of benzene rings is 4. The van der Waals surface area contributed by atoms with Crippen LogP contribution in [0.15, 0.2) is 128 Å². The van der Waals surface area contributed by atoms with E-state index < -0.39 is 5.54 Å². The van der Waals surface area contributed by atoms with Crippen LogP contribution in [0.25, 0.3) is 10.9 Å². The van der Waals surface area contributed by atoms with E-state index in [4.69, 9.17) is 0 Å². The van der Waals surface area contributed by atoms with Gasteiger partial charge in [0.2, 0.25) is 0 Å². The average Bonchev–Trinajstić information content (AvgIpc) is 2.84. The van der Waals surface area contributed by atoms with Crippen LogP contribution in [0.3, 0.4) is 0 Å². The predicted octanol–water partition coefficient (Wildman–Crippen LogP) is 6.64. The predicted molar refractivity (Wildman–Crippen MR) is 125 cm³/mol. The first-order chi connectivity index (χ1) is 14.9. The van der Waals surface area contributed by atoms with Crippen molar-refractivity contribution < 1.29 is 0 Å². The smallest absolute Gasteiger partial charge is 0.114 e. The Bertz CT molecular complexity index is 1150. The molecule has 1 heterocycles. The van der Waals surface area contributed by atoms with E-state index >= 15 is 0 Å². The van der Waals surface area contributed by atoms with Crippen LogP contribution >= 0.6 is 0 Å². The minimum atomic E-state index is -0.548.